The highest BCUT2D eigenvalue weighted by atomic mass is 79.9. The minimum Gasteiger partial charge on any atom is -0.381 e. The lowest BCUT2D eigenvalue weighted by atomic mass is 10.1. The Kier molecular flexibility index (Phi) is 4.06. The van der Waals surface area contributed by atoms with Crippen molar-refractivity contribution >= 4 is 21.6 Å². The molecular formula is C17H16BrN3. The summed E-state index contributed by atoms with van der Waals surface area (Å²) >= 11 is 3.57. The van der Waals surface area contributed by atoms with Gasteiger partial charge >= 0.3 is 0 Å². The highest BCUT2D eigenvalue weighted by Crippen LogP contribution is 2.19. The molecule has 4 heteroatoms. The lowest BCUT2D eigenvalue weighted by Gasteiger charge is -2.09. The van der Waals surface area contributed by atoms with Crippen LogP contribution in [0.25, 0.3) is 5.69 Å². The molecule has 0 radical (unpaired) electrons. The summed E-state index contributed by atoms with van der Waals surface area (Å²) in [5, 5.41) is 7.65. The molecular weight excluding hydrogens is 326 g/mol. The SMILES string of the molecule is Cc1ccc(CNc2ccc(-n3cccn3)cc2)cc1Br. The Hall–Kier alpha value is -2.07. The van der Waals surface area contributed by atoms with Gasteiger partial charge in [0.15, 0.2) is 0 Å². The topological polar surface area (TPSA) is 29.9 Å². The first-order chi connectivity index (χ1) is 10.2. The van der Waals surface area contributed by atoms with Crippen molar-refractivity contribution in [2.45, 2.75) is 13.5 Å². The van der Waals surface area contributed by atoms with Crippen molar-refractivity contribution in [2.24, 2.45) is 0 Å². The fourth-order valence-electron chi connectivity index (χ4n) is 2.10. The summed E-state index contributed by atoms with van der Waals surface area (Å²) in [6, 6.07) is 16.6. The van der Waals surface area contributed by atoms with E-state index < -0.39 is 0 Å². The van der Waals surface area contributed by atoms with E-state index in [4.69, 9.17) is 0 Å². The van der Waals surface area contributed by atoms with Gasteiger partial charge in [-0.1, -0.05) is 28.1 Å². The van der Waals surface area contributed by atoms with Crippen LogP contribution in [0.3, 0.4) is 0 Å². The zero-order valence-corrected chi connectivity index (χ0v) is 13.3. The van der Waals surface area contributed by atoms with Crippen molar-refractivity contribution in [1.82, 2.24) is 9.78 Å². The van der Waals surface area contributed by atoms with Crippen LogP contribution in [0.4, 0.5) is 5.69 Å². The highest BCUT2D eigenvalue weighted by molar-refractivity contribution is 9.10. The molecule has 2 aromatic carbocycles. The first kappa shape index (κ1) is 13.9. The van der Waals surface area contributed by atoms with Crippen molar-refractivity contribution in [3.05, 3.63) is 76.5 Å². The van der Waals surface area contributed by atoms with E-state index in [1.54, 1.807) is 6.20 Å². The predicted molar refractivity (Wildman–Crippen MR) is 89.8 cm³/mol. The molecule has 0 fully saturated rings. The van der Waals surface area contributed by atoms with Crippen LogP contribution in [-0.4, -0.2) is 9.78 Å². The molecule has 3 rings (SSSR count). The van der Waals surface area contributed by atoms with Crippen LogP contribution in [0.2, 0.25) is 0 Å². The molecule has 0 aliphatic carbocycles. The van der Waals surface area contributed by atoms with E-state index in [1.165, 1.54) is 11.1 Å². The molecule has 0 saturated heterocycles. The lowest BCUT2D eigenvalue weighted by molar-refractivity contribution is 0.880. The van der Waals surface area contributed by atoms with Crippen molar-refractivity contribution in [3.8, 4) is 5.69 Å². The van der Waals surface area contributed by atoms with E-state index in [1.807, 2.05) is 16.9 Å². The van der Waals surface area contributed by atoms with Gasteiger partial charge in [0.05, 0.1) is 5.69 Å². The Morgan fingerprint density at radius 1 is 1.14 bits per heavy atom. The molecule has 3 aromatic rings. The maximum atomic E-state index is 4.22. The fraction of sp³-hybridized carbons (Fsp3) is 0.118. The number of halogens is 1. The molecule has 3 nitrogen and oxygen atoms in total. The van der Waals surface area contributed by atoms with Crippen molar-refractivity contribution < 1.29 is 0 Å². The summed E-state index contributed by atoms with van der Waals surface area (Å²) < 4.78 is 3.00. The molecule has 0 saturated carbocycles. The molecule has 21 heavy (non-hydrogen) atoms. The van der Waals surface area contributed by atoms with E-state index in [-0.39, 0.29) is 0 Å². The minimum atomic E-state index is 0.806. The van der Waals surface area contributed by atoms with E-state index in [0.717, 1.165) is 22.4 Å². The number of hydrogen-bond acceptors (Lipinski definition) is 2. The van der Waals surface area contributed by atoms with Crippen LogP contribution in [0.5, 0.6) is 0 Å². The van der Waals surface area contributed by atoms with Gasteiger partial charge in [-0.15, -0.1) is 0 Å². The smallest absolute Gasteiger partial charge is 0.0647 e. The summed E-state index contributed by atoms with van der Waals surface area (Å²) in [5.74, 6) is 0. The Bertz CT molecular complexity index is 718. The van der Waals surface area contributed by atoms with Crippen LogP contribution in [0, 0.1) is 6.92 Å². The summed E-state index contributed by atoms with van der Waals surface area (Å²) in [5.41, 5.74) is 4.66. The van der Waals surface area contributed by atoms with Crippen LogP contribution in [-0.2, 0) is 6.54 Å². The number of benzene rings is 2. The van der Waals surface area contributed by atoms with E-state index in [9.17, 15) is 0 Å². The molecule has 106 valence electrons. The number of anilines is 1. The average Bonchev–Trinajstić information content (AvgIpc) is 3.03. The van der Waals surface area contributed by atoms with Crippen molar-refractivity contribution in [3.63, 3.8) is 0 Å². The second-order valence-electron chi connectivity index (χ2n) is 4.93. The van der Waals surface area contributed by atoms with Gasteiger partial charge < -0.3 is 5.32 Å². The van der Waals surface area contributed by atoms with Gasteiger partial charge in [0.25, 0.3) is 0 Å². The van der Waals surface area contributed by atoms with Gasteiger partial charge in [-0.2, -0.15) is 5.10 Å². The summed E-state index contributed by atoms with van der Waals surface area (Å²) in [6.07, 6.45) is 3.72. The Morgan fingerprint density at radius 2 is 1.95 bits per heavy atom. The molecule has 0 bridgehead atoms. The quantitative estimate of drug-likeness (QED) is 0.754. The maximum Gasteiger partial charge on any atom is 0.0647 e. The number of hydrogen-bond donors (Lipinski definition) is 1. The van der Waals surface area contributed by atoms with Gasteiger partial charge in [-0.05, 0) is 54.4 Å². The number of nitrogens with zero attached hydrogens (tertiary/aromatic N) is 2. The first-order valence-electron chi connectivity index (χ1n) is 6.81. The molecule has 0 aliphatic rings. The van der Waals surface area contributed by atoms with Crippen LogP contribution >= 0.6 is 15.9 Å². The molecule has 0 unspecified atom stereocenters. The van der Waals surface area contributed by atoms with Crippen molar-refractivity contribution in [2.75, 3.05) is 5.32 Å². The van der Waals surface area contributed by atoms with Crippen LogP contribution in [0.1, 0.15) is 11.1 Å². The number of aromatic nitrogens is 2. The third kappa shape index (κ3) is 3.34. The zero-order chi connectivity index (χ0) is 14.7. The van der Waals surface area contributed by atoms with E-state index in [2.05, 4.69) is 75.7 Å². The van der Waals surface area contributed by atoms with Crippen LogP contribution in [0.15, 0.2) is 65.4 Å². The Morgan fingerprint density at radius 3 is 2.62 bits per heavy atom. The number of rotatable bonds is 4. The van der Waals surface area contributed by atoms with Gasteiger partial charge in [-0.25, -0.2) is 4.68 Å². The molecule has 0 atom stereocenters. The predicted octanol–water partition coefficient (Wildman–Crippen LogP) is 4.56. The normalized spacial score (nSPS) is 10.6. The maximum absolute atomic E-state index is 4.22. The van der Waals surface area contributed by atoms with Crippen LogP contribution < -0.4 is 5.32 Å². The van der Waals surface area contributed by atoms with Gasteiger partial charge in [0, 0.05) is 29.1 Å². The Labute approximate surface area is 132 Å². The molecule has 1 N–H and O–H groups in total. The molecule has 0 spiro atoms. The molecule has 1 heterocycles. The second kappa shape index (κ2) is 6.14. The Balaban J connectivity index is 1.66. The molecule has 0 amide bonds. The van der Waals surface area contributed by atoms with Gasteiger partial charge in [-0.3, -0.25) is 0 Å². The fourth-order valence-corrected chi connectivity index (χ4v) is 2.53. The van der Waals surface area contributed by atoms with E-state index >= 15 is 0 Å². The first-order valence-corrected chi connectivity index (χ1v) is 7.61. The summed E-state index contributed by atoms with van der Waals surface area (Å²) in [7, 11) is 0. The summed E-state index contributed by atoms with van der Waals surface area (Å²) in [4.78, 5) is 0. The highest BCUT2D eigenvalue weighted by Gasteiger charge is 1.99. The monoisotopic (exact) mass is 341 g/mol. The number of aryl methyl sites for hydroxylation is 1. The molecule has 0 aliphatic heterocycles. The zero-order valence-electron chi connectivity index (χ0n) is 11.8. The van der Waals surface area contributed by atoms with Gasteiger partial charge in [0.2, 0.25) is 0 Å². The average molecular weight is 342 g/mol. The van der Waals surface area contributed by atoms with E-state index in [0.29, 0.717) is 0 Å². The standard InChI is InChI=1S/C17H16BrN3/c1-13-3-4-14(11-17(13)18)12-19-15-5-7-16(8-6-15)21-10-2-9-20-21/h2-11,19H,12H2,1H3. The number of nitrogens with one attached hydrogen (secondary N) is 1. The third-order valence-corrected chi connectivity index (χ3v) is 4.22. The largest absolute Gasteiger partial charge is 0.381 e. The van der Waals surface area contributed by atoms with Crippen molar-refractivity contribution in [1.29, 1.82) is 0 Å². The molecule has 1 aromatic heterocycles. The summed E-state index contributed by atoms with van der Waals surface area (Å²) in [6.45, 7) is 2.90. The minimum absolute atomic E-state index is 0.806. The third-order valence-electron chi connectivity index (χ3n) is 3.37. The van der Waals surface area contributed by atoms with Gasteiger partial charge in [0.1, 0.15) is 0 Å². The lowest BCUT2D eigenvalue weighted by Crippen LogP contribution is -2.00. The second-order valence-corrected chi connectivity index (χ2v) is 5.79.